The molecule has 7 nitrogen and oxygen atoms in total. The number of carbonyl (C=O) groups excluding carboxylic acids is 2. The topological polar surface area (TPSA) is 93.5 Å². The van der Waals surface area contributed by atoms with E-state index in [0.717, 1.165) is 16.7 Å². The predicted octanol–water partition coefficient (Wildman–Crippen LogP) is 6.67. The summed E-state index contributed by atoms with van der Waals surface area (Å²) in [5.41, 5.74) is 4.48. The van der Waals surface area contributed by atoms with Crippen molar-refractivity contribution < 1.29 is 23.1 Å². The first-order chi connectivity index (χ1) is 20.3. The number of amides is 2. The fourth-order valence-corrected chi connectivity index (χ4v) is 4.64. The maximum absolute atomic E-state index is 13.6. The molecule has 0 aliphatic heterocycles. The number of hydrogen-bond acceptors (Lipinski definition) is 5. The van der Waals surface area contributed by atoms with E-state index in [1.165, 1.54) is 12.1 Å². The monoisotopic (exact) mass is 565 g/mol. The van der Waals surface area contributed by atoms with Crippen molar-refractivity contribution in [3.8, 4) is 28.2 Å². The summed E-state index contributed by atoms with van der Waals surface area (Å²) in [6, 6.07) is 20.6. The number of benzene rings is 3. The van der Waals surface area contributed by atoms with Crippen molar-refractivity contribution in [1.82, 2.24) is 15.6 Å². The van der Waals surface area contributed by atoms with Gasteiger partial charge in [0, 0.05) is 48.9 Å². The summed E-state index contributed by atoms with van der Waals surface area (Å²) in [5.74, 6) is 0.298. The van der Waals surface area contributed by atoms with E-state index in [4.69, 9.17) is 9.15 Å². The molecule has 42 heavy (non-hydrogen) atoms. The van der Waals surface area contributed by atoms with Gasteiger partial charge in [-0.05, 0) is 83.3 Å². The number of carbonyl (C=O) groups is 2. The minimum atomic E-state index is -0.380. The smallest absolute Gasteiger partial charge is 0.255 e. The molecule has 2 N–H and O–H groups in total. The van der Waals surface area contributed by atoms with Crippen LogP contribution in [0.1, 0.15) is 40.1 Å². The molecule has 214 valence electrons. The highest BCUT2D eigenvalue weighted by Gasteiger charge is 2.22. The molecule has 2 heterocycles. The number of furan rings is 1. The second-order valence-electron chi connectivity index (χ2n) is 10.4. The van der Waals surface area contributed by atoms with Crippen molar-refractivity contribution in [1.29, 1.82) is 0 Å². The van der Waals surface area contributed by atoms with Crippen LogP contribution < -0.4 is 15.4 Å². The summed E-state index contributed by atoms with van der Waals surface area (Å²) >= 11 is 0. The summed E-state index contributed by atoms with van der Waals surface area (Å²) in [7, 11) is 1.55. The van der Waals surface area contributed by atoms with Gasteiger partial charge in [0.05, 0.1) is 12.2 Å². The lowest BCUT2D eigenvalue weighted by molar-refractivity contribution is 0.0945. The van der Waals surface area contributed by atoms with Crippen molar-refractivity contribution in [2.45, 2.75) is 20.3 Å². The van der Waals surface area contributed by atoms with Gasteiger partial charge in [-0.1, -0.05) is 26.0 Å². The average Bonchev–Trinajstić information content (AvgIpc) is 3.39. The molecule has 0 aliphatic rings. The first kappa shape index (κ1) is 28.5. The Labute approximate surface area is 243 Å². The molecule has 0 saturated heterocycles. The number of aromatic nitrogens is 1. The van der Waals surface area contributed by atoms with Crippen LogP contribution in [0.3, 0.4) is 0 Å². The van der Waals surface area contributed by atoms with Crippen LogP contribution in [0.15, 0.2) is 89.6 Å². The fraction of sp³-hybridized carbons (Fsp3) is 0.206. The van der Waals surface area contributed by atoms with Crippen LogP contribution in [0.4, 0.5) is 4.39 Å². The quantitative estimate of drug-likeness (QED) is 0.197. The first-order valence-electron chi connectivity index (χ1n) is 13.8. The Hall–Kier alpha value is -4.98. The van der Waals surface area contributed by atoms with Gasteiger partial charge in [-0.2, -0.15) is 0 Å². The number of nitrogens with one attached hydrogen (secondary N) is 2. The zero-order chi connectivity index (χ0) is 29.6. The molecule has 0 fully saturated rings. The Morgan fingerprint density at radius 2 is 1.74 bits per heavy atom. The Morgan fingerprint density at radius 3 is 2.45 bits per heavy atom. The van der Waals surface area contributed by atoms with Gasteiger partial charge < -0.3 is 19.8 Å². The Kier molecular flexibility index (Phi) is 8.62. The van der Waals surface area contributed by atoms with Gasteiger partial charge >= 0.3 is 0 Å². The number of halogens is 1. The molecule has 0 spiro atoms. The number of pyridine rings is 1. The molecule has 5 rings (SSSR count). The molecule has 8 heteroatoms. The molecule has 5 aromatic rings. The number of rotatable bonds is 10. The van der Waals surface area contributed by atoms with Crippen molar-refractivity contribution in [2.24, 2.45) is 5.92 Å². The van der Waals surface area contributed by atoms with E-state index in [9.17, 15) is 14.0 Å². The second kappa shape index (κ2) is 12.7. The third-order valence-electron chi connectivity index (χ3n) is 6.80. The lowest BCUT2D eigenvalue weighted by atomic mass is 9.98. The van der Waals surface area contributed by atoms with Crippen molar-refractivity contribution in [3.63, 3.8) is 0 Å². The van der Waals surface area contributed by atoms with Crippen molar-refractivity contribution >= 4 is 22.8 Å². The highest BCUT2D eigenvalue weighted by atomic mass is 19.1. The van der Waals surface area contributed by atoms with E-state index in [1.807, 2.05) is 50.2 Å². The molecular formula is C34H32FN3O4. The molecule has 0 atom stereocenters. The Morgan fingerprint density at radius 1 is 0.952 bits per heavy atom. The number of nitrogens with zero attached hydrogens (tertiary/aromatic N) is 1. The largest absolute Gasteiger partial charge is 0.493 e. The van der Waals surface area contributed by atoms with Gasteiger partial charge in [-0.25, -0.2) is 4.39 Å². The predicted molar refractivity (Wildman–Crippen MR) is 161 cm³/mol. The molecule has 3 aromatic carbocycles. The van der Waals surface area contributed by atoms with E-state index in [0.29, 0.717) is 64.7 Å². The second-order valence-corrected chi connectivity index (χ2v) is 10.4. The number of fused-ring (bicyclic) bond motifs is 1. The lowest BCUT2D eigenvalue weighted by Crippen LogP contribution is -2.27. The molecular weight excluding hydrogens is 533 g/mol. The molecule has 2 amide bonds. The molecule has 0 bridgehead atoms. The van der Waals surface area contributed by atoms with Crippen LogP contribution in [0, 0.1) is 11.7 Å². The first-order valence-corrected chi connectivity index (χ1v) is 13.8. The maximum Gasteiger partial charge on any atom is 0.255 e. The molecule has 2 aromatic heterocycles. The molecule has 0 aliphatic carbocycles. The van der Waals surface area contributed by atoms with E-state index in [2.05, 4.69) is 15.6 Å². The van der Waals surface area contributed by atoms with E-state index in [-0.39, 0.29) is 17.6 Å². The lowest BCUT2D eigenvalue weighted by Gasteiger charge is -2.13. The van der Waals surface area contributed by atoms with Crippen molar-refractivity contribution in [3.05, 3.63) is 108 Å². The van der Waals surface area contributed by atoms with Gasteiger partial charge in [0.1, 0.15) is 22.9 Å². The minimum Gasteiger partial charge on any atom is -0.493 e. The summed E-state index contributed by atoms with van der Waals surface area (Å²) in [4.78, 5) is 30.3. The SMILES string of the molecule is CNC(=O)c1c(-c2ccc(F)cc2)oc2ccc(-c3cc(OCCc4cccnc4)cc(C(=O)NCC(C)C)c3)cc12. The standard InChI is InChI=1S/C34H32FN3O4/c1-21(2)19-38-33(39)26-15-25(16-28(17-26)41-14-12-22-5-4-13-37-20-22)24-8-11-30-29(18-24)31(34(40)36-3)32(42-30)23-6-9-27(35)10-7-23/h4-11,13,15-18,20-21H,12,14,19H2,1-3H3,(H,36,40)(H,38,39). The van der Waals surface area contributed by atoms with Crippen LogP contribution >= 0.6 is 0 Å². The summed E-state index contributed by atoms with van der Waals surface area (Å²) < 4.78 is 25.8. The number of ether oxygens (including phenoxy) is 1. The van der Waals surface area contributed by atoms with Gasteiger partial charge in [-0.15, -0.1) is 0 Å². The maximum atomic E-state index is 13.6. The summed E-state index contributed by atoms with van der Waals surface area (Å²) in [5, 5.41) is 6.26. The summed E-state index contributed by atoms with van der Waals surface area (Å²) in [6.07, 6.45) is 4.19. The van der Waals surface area contributed by atoms with Crippen molar-refractivity contribution in [2.75, 3.05) is 20.2 Å². The molecule has 0 unspecified atom stereocenters. The van der Waals surface area contributed by atoms with Gasteiger partial charge in [0.25, 0.3) is 11.8 Å². The van der Waals surface area contributed by atoms with Crippen LogP contribution in [0.5, 0.6) is 5.75 Å². The van der Waals surface area contributed by atoms with E-state index >= 15 is 0 Å². The van der Waals surface area contributed by atoms with Gasteiger partial charge in [-0.3, -0.25) is 14.6 Å². The van der Waals surface area contributed by atoms with Crippen LogP contribution in [-0.2, 0) is 6.42 Å². The van der Waals surface area contributed by atoms with E-state index in [1.54, 1.807) is 43.7 Å². The Balaban J connectivity index is 1.54. The highest BCUT2D eigenvalue weighted by Crippen LogP contribution is 2.37. The third kappa shape index (κ3) is 6.49. The number of hydrogen-bond donors (Lipinski definition) is 2. The molecule has 0 radical (unpaired) electrons. The van der Waals surface area contributed by atoms with Gasteiger partial charge in [0.2, 0.25) is 0 Å². The summed E-state index contributed by atoms with van der Waals surface area (Å²) in [6.45, 7) is 5.02. The van der Waals surface area contributed by atoms with Gasteiger partial charge in [0.15, 0.2) is 0 Å². The normalized spacial score (nSPS) is 11.1. The minimum absolute atomic E-state index is 0.198. The third-order valence-corrected chi connectivity index (χ3v) is 6.80. The highest BCUT2D eigenvalue weighted by molar-refractivity contribution is 6.12. The average molecular weight is 566 g/mol. The fourth-order valence-electron chi connectivity index (χ4n) is 4.64. The molecule has 0 saturated carbocycles. The zero-order valence-corrected chi connectivity index (χ0v) is 23.7. The zero-order valence-electron chi connectivity index (χ0n) is 23.7. The van der Waals surface area contributed by atoms with Crippen LogP contribution in [0.2, 0.25) is 0 Å². The van der Waals surface area contributed by atoms with E-state index < -0.39 is 0 Å². The van der Waals surface area contributed by atoms with Crippen LogP contribution in [0.25, 0.3) is 33.4 Å². The Bertz CT molecular complexity index is 1710. The van der Waals surface area contributed by atoms with Crippen LogP contribution in [-0.4, -0.2) is 37.0 Å².